The Labute approximate surface area is 132 Å². The second-order valence-electron chi connectivity index (χ2n) is 4.98. The van der Waals surface area contributed by atoms with Gasteiger partial charge in [-0.1, -0.05) is 13.8 Å². The first-order valence-corrected chi connectivity index (χ1v) is 9.70. The van der Waals surface area contributed by atoms with Crippen molar-refractivity contribution in [2.24, 2.45) is 0 Å². The molecule has 0 saturated heterocycles. The van der Waals surface area contributed by atoms with Crippen molar-refractivity contribution in [3.63, 3.8) is 0 Å². The molecule has 0 aliphatic heterocycles. The summed E-state index contributed by atoms with van der Waals surface area (Å²) in [5.74, 6) is 0. The molecule has 1 aromatic rings. The minimum absolute atomic E-state index is 0.410. The molecule has 1 heterocycles. The predicted molar refractivity (Wildman–Crippen MR) is 89.4 cm³/mol. The number of hydrogen-bond acceptors (Lipinski definition) is 5. The van der Waals surface area contributed by atoms with Gasteiger partial charge in [0.05, 0.1) is 0 Å². The molecule has 122 valence electrons. The van der Waals surface area contributed by atoms with Crippen LogP contribution in [0.1, 0.15) is 30.7 Å². The molecule has 0 aliphatic carbocycles. The van der Waals surface area contributed by atoms with Crippen LogP contribution in [-0.4, -0.2) is 46.5 Å². The summed E-state index contributed by atoms with van der Waals surface area (Å²) in [6, 6.07) is 1.75. The molecule has 0 aromatic carbocycles. The van der Waals surface area contributed by atoms with Gasteiger partial charge in [0.25, 0.3) is 0 Å². The summed E-state index contributed by atoms with van der Waals surface area (Å²) < 4.78 is 27.6. The van der Waals surface area contributed by atoms with E-state index in [1.807, 2.05) is 14.0 Å². The molecule has 0 atom stereocenters. The minimum Gasteiger partial charge on any atom is -0.315 e. The Kier molecular flexibility index (Phi) is 7.83. The van der Waals surface area contributed by atoms with Crippen molar-refractivity contribution in [3.8, 4) is 0 Å². The van der Waals surface area contributed by atoms with Gasteiger partial charge in [0.1, 0.15) is 4.21 Å². The highest BCUT2D eigenvalue weighted by atomic mass is 32.2. The molecule has 0 unspecified atom stereocenters. The van der Waals surface area contributed by atoms with Gasteiger partial charge >= 0.3 is 0 Å². The number of thiophene rings is 1. The summed E-state index contributed by atoms with van der Waals surface area (Å²) in [5.41, 5.74) is 1.03. The first-order chi connectivity index (χ1) is 9.94. The molecule has 1 rings (SSSR count). The highest BCUT2D eigenvalue weighted by Crippen LogP contribution is 2.25. The first-order valence-electron chi connectivity index (χ1n) is 7.40. The van der Waals surface area contributed by atoms with E-state index in [4.69, 9.17) is 0 Å². The highest BCUT2D eigenvalue weighted by molar-refractivity contribution is 7.91. The van der Waals surface area contributed by atoms with Crippen LogP contribution < -0.4 is 10.0 Å². The van der Waals surface area contributed by atoms with Crippen LogP contribution in [0.4, 0.5) is 0 Å². The fourth-order valence-corrected chi connectivity index (χ4v) is 4.80. The average molecular weight is 334 g/mol. The van der Waals surface area contributed by atoms with Crippen molar-refractivity contribution < 1.29 is 8.42 Å². The van der Waals surface area contributed by atoms with Crippen LogP contribution >= 0.6 is 11.3 Å². The molecule has 2 N–H and O–H groups in total. The third kappa shape index (κ3) is 5.67. The number of nitrogens with zero attached hydrogens (tertiary/aromatic N) is 1. The molecule has 0 saturated carbocycles. The lowest BCUT2D eigenvalue weighted by molar-refractivity contribution is 0.300. The molecular weight excluding hydrogens is 306 g/mol. The molecule has 5 nitrogen and oxygen atoms in total. The van der Waals surface area contributed by atoms with Crippen LogP contribution in [0.3, 0.4) is 0 Å². The summed E-state index contributed by atoms with van der Waals surface area (Å²) in [4.78, 5) is 3.36. The molecule has 0 bridgehead atoms. The van der Waals surface area contributed by atoms with Crippen molar-refractivity contribution in [1.82, 2.24) is 14.9 Å². The second-order valence-corrected chi connectivity index (χ2v) is 8.11. The Bertz CT molecular complexity index is 522. The summed E-state index contributed by atoms with van der Waals surface area (Å²) in [6.07, 6.45) is 0.828. The van der Waals surface area contributed by atoms with Crippen LogP contribution in [0.5, 0.6) is 0 Å². The summed E-state index contributed by atoms with van der Waals surface area (Å²) >= 11 is 1.34. The standard InChI is InChI=1S/C14H27N3O2S2/c1-5-17(6-2)9-7-8-16-21(18,19)14-10-12(3)13(20-14)11-15-4/h10,15-16H,5-9,11H2,1-4H3. The predicted octanol–water partition coefficient (Wildman–Crippen LogP) is 1.79. The maximum Gasteiger partial charge on any atom is 0.250 e. The zero-order valence-corrected chi connectivity index (χ0v) is 15.0. The molecular formula is C14H27N3O2S2. The summed E-state index contributed by atoms with van der Waals surface area (Å²) in [6.45, 7) is 10.3. The summed E-state index contributed by atoms with van der Waals surface area (Å²) in [5, 5.41) is 3.06. The van der Waals surface area contributed by atoms with Crippen LogP contribution in [-0.2, 0) is 16.6 Å². The van der Waals surface area contributed by atoms with Crippen molar-refractivity contribution in [2.45, 2.75) is 37.9 Å². The monoisotopic (exact) mass is 333 g/mol. The molecule has 0 amide bonds. The molecule has 0 spiro atoms. The fraction of sp³-hybridized carbons (Fsp3) is 0.714. The van der Waals surface area contributed by atoms with Gasteiger partial charge < -0.3 is 10.2 Å². The number of rotatable bonds is 10. The van der Waals surface area contributed by atoms with Gasteiger partial charge in [-0.05, 0) is 51.7 Å². The van der Waals surface area contributed by atoms with Crippen LogP contribution in [0.2, 0.25) is 0 Å². The Balaban J connectivity index is 2.55. The van der Waals surface area contributed by atoms with Gasteiger partial charge in [-0.15, -0.1) is 11.3 Å². The zero-order chi connectivity index (χ0) is 15.9. The maximum atomic E-state index is 12.3. The van der Waals surface area contributed by atoms with Gasteiger partial charge in [-0.2, -0.15) is 0 Å². The van der Waals surface area contributed by atoms with Crippen molar-refractivity contribution in [3.05, 3.63) is 16.5 Å². The van der Waals surface area contributed by atoms with E-state index >= 15 is 0 Å². The molecule has 0 radical (unpaired) electrons. The lowest BCUT2D eigenvalue weighted by Crippen LogP contribution is -2.29. The van der Waals surface area contributed by atoms with E-state index in [0.717, 1.165) is 36.5 Å². The lowest BCUT2D eigenvalue weighted by Gasteiger charge is -2.17. The van der Waals surface area contributed by atoms with Gasteiger partial charge in [-0.25, -0.2) is 13.1 Å². The maximum absolute atomic E-state index is 12.3. The lowest BCUT2D eigenvalue weighted by atomic mass is 10.3. The fourth-order valence-electron chi connectivity index (χ4n) is 2.08. The van der Waals surface area contributed by atoms with Crippen molar-refractivity contribution in [2.75, 3.05) is 33.2 Å². The smallest absolute Gasteiger partial charge is 0.250 e. The Morgan fingerprint density at radius 1 is 1.29 bits per heavy atom. The SMILES string of the molecule is CCN(CC)CCCNS(=O)(=O)c1cc(C)c(CNC)s1. The van der Waals surface area contributed by atoms with Crippen molar-refractivity contribution >= 4 is 21.4 Å². The van der Waals surface area contributed by atoms with Crippen molar-refractivity contribution in [1.29, 1.82) is 0 Å². The van der Waals surface area contributed by atoms with E-state index in [9.17, 15) is 8.42 Å². The molecule has 0 aliphatic rings. The quantitative estimate of drug-likeness (QED) is 0.641. The zero-order valence-electron chi connectivity index (χ0n) is 13.4. The molecule has 0 fully saturated rings. The van der Waals surface area contributed by atoms with Gasteiger partial charge in [-0.3, -0.25) is 0 Å². The molecule has 21 heavy (non-hydrogen) atoms. The van der Waals surface area contributed by atoms with E-state index in [-0.39, 0.29) is 0 Å². The Hall–Kier alpha value is -0.470. The summed E-state index contributed by atoms with van der Waals surface area (Å²) in [7, 11) is -1.51. The van der Waals surface area contributed by atoms with Gasteiger partial charge in [0, 0.05) is 18.0 Å². The van der Waals surface area contributed by atoms with Crippen LogP contribution in [0.25, 0.3) is 0 Å². The third-order valence-corrected chi connectivity index (χ3v) is 6.61. The first kappa shape index (κ1) is 18.6. The second kappa shape index (κ2) is 8.85. The highest BCUT2D eigenvalue weighted by Gasteiger charge is 2.18. The molecule has 7 heteroatoms. The van der Waals surface area contributed by atoms with Crippen LogP contribution in [0.15, 0.2) is 10.3 Å². The minimum atomic E-state index is -3.37. The molecule has 1 aromatic heterocycles. The van der Waals surface area contributed by atoms with E-state index in [1.165, 1.54) is 11.3 Å². The number of aryl methyl sites for hydroxylation is 1. The topological polar surface area (TPSA) is 61.4 Å². The van der Waals surface area contributed by atoms with E-state index in [1.54, 1.807) is 6.07 Å². The average Bonchev–Trinajstić information content (AvgIpc) is 2.82. The van der Waals surface area contributed by atoms with Gasteiger partial charge in [0.15, 0.2) is 0 Å². The van der Waals surface area contributed by atoms with E-state index in [0.29, 0.717) is 17.3 Å². The Morgan fingerprint density at radius 3 is 2.52 bits per heavy atom. The van der Waals surface area contributed by atoms with Gasteiger partial charge in [0.2, 0.25) is 10.0 Å². The van der Waals surface area contributed by atoms with E-state index < -0.39 is 10.0 Å². The normalized spacial score (nSPS) is 12.2. The number of nitrogens with one attached hydrogen (secondary N) is 2. The van der Waals surface area contributed by atoms with E-state index in [2.05, 4.69) is 28.8 Å². The van der Waals surface area contributed by atoms with Crippen LogP contribution in [0, 0.1) is 6.92 Å². The number of sulfonamides is 1. The number of hydrogen-bond donors (Lipinski definition) is 2. The largest absolute Gasteiger partial charge is 0.315 e. The third-order valence-electron chi connectivity index (χ3n) is 3.44. The Morgan fingerprint density at radius 2 is 1.95 bits per heavy atom.